The molecule has 0 heterocycles. The van der Waals surface area contributed by atoms with E-state index in [9.17, 15) is 0 Å². The van der Waals surface area contributed by atoms with Crippen molar-refractivity contribution in [1.29, 1.82) is 0 Å². The number of hydrogen-bond acceptors (Lipinski definition) is 3. The number of nitrogens with zero attached hydrogens (tertiary/aromatic N) is 2. The minimum atomic E-state index is 0. The highest BCUT2D eigenvalue weighted by atomic mass is 127. The molecule has 5 nitrogen and oxygen atoms in total. The first-order valence-electron chi connectivity index (χ1n) is 6.75. The molecule has 19 heavy (non-hydrogen) atoms. The van der Waals surface area contributed by atoms with Crippen molar-refractivity contribution in [3.05, 3.63) is 0 Å². The Bertz CT molecular complexity index is 237. The molecule has 1 unspecified atom stereocenters. The first kappa shape index (κ1) is 21.2. The fraction of sp³-hybridized carbons (Fsp3) is 0.923. The van der Waals surface area contributed by atoms with Crippen LogP contribution in [0.4, 0.5) is 0 Å². The van der Waals surface area contributed by atoms with E-state index in [4.69, 9.17) is 4.74 Å². The molecule has 0 aromatic rings. The Kier molecular flexibility index (Phi) is 14.4. The zero-order chi connectivity index (χ0) is 14.0. The lowest BCUT2D eigenvalue weighted by molar-refractivity contribution is 0.179. The highest BCUT2D eigenvalue weighted by Gasteiger charge is 2.07. The van der Waals surface area contributed by atoms with Gasteiger partial charge in [0.1, 0.15) is 0 Å². The van der Waals surface area contributed by atoms with Crippen LogP contribution in [0.3, 0.4) is 0 Å². The van der Waals surface area contributed by atoms with Gasteiger partial charge in [0.25, 0.3) is 0 Å². The second-order valence-electron chi connectivity index (χ2n) is 4.72. The molecule has 0 fully saturated rings. The van der Waals surface area contributed by atoms with Crippen molar-refractivity contribution in [1.82, 2.24) is 15.5 Å². The topological polar surface area (TPSA) is 48.9 Å². The Morgan fingerprint density at radius 2 is 1.95 bits per heavy atom. The molecule has 0 bridgehead atoms. The van der Waals surface area contributed by atoms with Gasteiger partial charge in [-0.3, -0.25) is 9.89 Å². The van der Waals surface area contributed by atoms with Crippen LogP contribution in [0.25, 0.3) is 0 Å². The third-order valence-electron chi connectivity index (χ3n) is 2.85. The summed E-state index contributed by atoms with van der Waals surface area (Å²) in [5.74, 6) is 0.833. The van der Waals surface area contributed by atoms with Gasteiger partial charge in [0.15, 0.2) is 5.96 Å². The van der Waals surface area contributed by atoms with Gasteiger partial charge in [0.05, 0.1) is 6.61 Å². The van der Waals surface area contributed by atoms with Gasteiger partial charge in [0, 0.05) is 39.3 Å². The minimum Gasteiger partial charge on any atom is -0.383 e. The van der Waals surface area contributed by atoms with Crippen molar-refractivity contribution < 1.29 is 4.74 Å². The van der Waals surface area contributed by atoms with E-state index in [0.29, 0.717) is 12.6 Å². The SMILES string of the molecule is CCN(CCNC(=NC)NC(C)COC)C(C)C.I. The molecule has 0 aromatic carbocycles. The van der Waals surface area contributed by atoms with Crippen molar-refractivity contribution in [3.63, 3.8) is 0 Å². The largest absolute Gasteiger partial charge is 0.383 e. The Hall–Kier alpha value is -0.0800. The summed E-state index contributed by atoms with van der Waals surface area (Å²) in [7, 11) is 3.49. The van der Waals surface area contributed by atoms with E-state index in [1.807, 2.05) is 0 Å². The lowest BCUT2D eigenvalue weighted by Gasteiger charge is -2.25. The van der Waals surface area contributed by atoms with Crippen molar-refractivity contribution >= 4 is 29.9 Å². The van der Waals surface area contributed by atoms with Gasteiger partial charge in [0.2, 0.25) is 0 Å². The Morgan fingerprint density at radius 1 is 1.32 bits per heavy atom. The molecule has 116 valence electrons. The summed E-state index contributed by atoms with van der Waals surface area (Å²) in [6, 6.07) is 0.841. The lowest BCUT2D eigenvalue weighted by atomic mass is 10.3. The normalized spacial score (nSPS) is 13.4. The van der Waals surface area contributed by atoms with Crippen LogP contribution in [0.1, 0.15) is 27.7 Å². The van der Waals surface area contributed by atoms with Gasteiger partial charge in [-0.15, -0.1) is 24.0 Å². The van der Waals surface area contributed by atoms with Crippen LogP contribution in [0, 0.1) is 0 Å². The average molecular weight is 386 g/mol. The molecule has 0 spiro atoms. The third-order valence-corrected chi connectivity index (χ3v) is 2.85. The Labute approximate surface area is 135 Å². The molecular formula is C13H31IN4O. The number of likely N-dealkylation sites (N-methyl/N-ethyl adjacent to an activating group) is 1. The van der Waals surface area contributed by atoms with Gasteiger partial charge in [-0.1, -0.05) is 6.92 Å². The van der Waals surface area contributed by atoms with Gasteiger partial charge in [-0.2, -0.15) is 0 Å². The number of nitrogens with one attached hydrogen (secondary N) is 2. The van der Waals surface area contributed by atoms with E-state index in [1.54, 1.807) is 14.2 Å². The minimum absolute atomic E-state index is 0. The third kappa shape index (κ3) is 10.4. The number of methoxy groups -OCH3 is 1. The number of rotatable bonds is 8. The first-order valence-corrected chi connectivity index (χ1v) is 6.75. The van der Waals surface area contributed by atoms with Crippen LogP contribution < -0.4 is 10.6 Å². The van der Waals surface area contributed by atoms with Gasteiger partial charge >= 0.3 is 0 Å². The standard InChI is InChI=1S/C13H30N4O.HI/c1-7-17(11(2)3)9-8-15-13(14-5)16-12(4)10-18-6;/h11-12H,7-10H2,1-6H3,(H2,14,15,16);1H. The first-order chi connectivity index (χ1) is 8.54. The highest BCUT2D eigenvalue weighted by Crippen LogP contribution is 1.95. The molecule has 0 radical (unpaired) electrons. The molecule has 0 aromatic heterocycles. The summed E-state index contributed by atoms with van der Waals surface area (Å²) >= 11 is 0. The average Bonchev–Trinajstić information content (AvgIpc) is 2.32. The van der Waals surface area contributed by atoms with Gasteiger partial charge in [-0.25, -0.2) is 0 Å². The quantitative estimate of drug-likeness (QED) is 0.378. The van der Waals surface area contributed by atoms with Crippen LogP contribution >= 0.6 is 24.0 Å². The zero-order valence-corrected chi connectivity index (χ0v) is 15.5. The van der Waals surface area contributed by atoms with Crippen LogP contribution in [0.5, 0.6) is 0 Å². The maximum Gasteiger partial charge on any atom is 0.191 e. The zero-order valence-electron chi connectivity index (χ0n) is 13.2. The van der Waals surface area contributed by atoms with Gasteiger partial charge in [-0.05, 0) is 27.3 Å². The smallest absolute Gasteiger partial charge is 0.191 e. The monoisotopic (exact) mass is 386 g/mol. The summed E-state index contributed by atoms with van der Waals surface area (Å²) in [6.07, 6.45) is 0. The molecule has 0 aliphatic heterocycles. The van der Waals surface area contributed by atoms with E-state index in [2.05, 4.69) is 48.2 Å². The summed E-state index contributed by atoms with van der Waals surface area (Å²) in [5, 5.41) is 6.60. The summed E-state index contributed by atoms with van der Waals surface area (Å²) in [4.78, 5) is 6.61. The molecule has 6 heteroatoms. The summed E-state index contributed by atoms with van der Waals surface area (Å²) in [5.41, 5.74) is 0. The lowest BCUT2D eigenvalue weighted by Crippen LogP contribution is -2.46. The molecule has 0 aliphatic rings. The number of ether oxygens (including phenoxy) is 1. The number of hydrogen-bond donors (Lipinski definition) is 2. The van der Waals surface area contributed by atoms with Crippen LogP contribution in [-0.4, -0.2) is 63.3 Å². The molecule has 0 amide bonds. The second kappa shape index (κ2) is 12.9. The highest BCUT2D eigenvalue weighted by molar-refractivity contribution is 14.0. The predicted octanol–water partition coefficient (Wildman–Crippen LogP) is 1.53. The van der Waals surface area contributed by atoms with E-state index >= 15 is 0 Å². The van der Waals surface area contributed by atoms with Gasteiger partial charge < -0.3 is 15.4 Å². The summed E-state index contributed by atoms with van der Waals surface area (Å²) in [6.45, 7) is 12.4. The Balaban J connectivity index is 0. The number of aliphatic imine (C=N–C) groups is 1. The van der Waals surface area contributed by atoms with Crippen molar-refractivity contribution in [2.45, 2.75) is 39.8 Å². The van der Waals surface area contributed by atoms with Crippen LogP contribution in [-0.2, 0) is 4.74 Å². The van der Waals surface area contributed by atoms with Crippen molar-refractivity contribution in [2.75, 3.05) is 40.4 Å². The second-order valence-corrected chi connectivity index (χ2v) is 4.72. The van der Waals surface area contributed by atoms with E-state index in [-0.39, 0.29) is 30.0 Å². The predicted molar refractivity (Wildman–Crippen MR) is 93.6 cm³/mol. The van der Waals surface area contributed by atoms with Crippen LogP contribution in [0.15, 0.2) is 4.99 Å². The number of halogens is 1. The van der Waals surface area contributed by atoms with E-state index in [0.717, 1.165) is 25.6 Å². The fourth-order valence-electron chi connectivity index (χ4n) is 1.82. The van der Waals surface area contributed by atoms with E-state index in [1.165, 1.54) is 0 Å². The molecule has 0 rings (SSSR count). The fourth-order valence-corrected chi connectivity index (χ4v) is 1.82. The number of guanidine groups is 1. The van der Waals surface area contributed by atoms with Crippen molar-refractivity contribution in [3.8, 4) is 0 Å². The molecule has 0 saturated carbocycles. The maximum atomic E-state index is 5.09. The maximum absolute atomic E-state index is 5.09. The van der Waals surface area contributed by atoms with Crippen LogP contribution in [0.2, 0.25) is 0 Å². The van der Waals surface area contributed by atoms with E-state index < -0.39 is 0 Å². The molecule has 0 saturated heterocycles. The van der Waals surface area contributed by atoms with Crippen molar-refractivity contribution in [2.24, 2.45) is 4.99 Å². The Morgan fingerprint density at radius 3 is 2.37 bits per heavy atom. The molecule has 0 aliphatic carbocycles. The summed E-state index contributed by atoms with van der Waals surface area (Å²) < 4.78 is 5.09. The molecular weight excluding hydrogens is 355 g/mol. The molecule has 2 N–H and O–H groups in total. The molecule has 1 atom stereocenters.